The van der Waals surface area contributed by atoms with Crippen molar-refractivity contribution in [2.75, 3.05) is 11.5 Å². The number of fused-ring (bicyclic) bond motifs is 1. The molecule has 0 spiro atoms. The zero-order valence-electron chi connectivity index (χ0n) is 6.35. The Hall–Kier alpha value is -2.25. The summed E-state index contributed by atoms with van der Waals surface area (Å²) in [6.07, 6.45) is 0. The number of hydrogen-bond donors (Lipinski definition) is 5. The molecule has 8 nitrogen and oxygen atoms in total. The van der Waals surface area contributed by atoms with E-state index in [1.165, 1.54) is 0 Å². The lowest BCUT2D eigenvalue weighted by Gasteiger charge is -1.95. The third kappa shape index (κ3) is 0.662. The van der Waals surface area contributed by atoms with Crippen molar-refractivity contribution in [2.24, 2.45) is 0 Å². The van der Waals surface area contributed by atoms with Crippen molar-refractivity contribution in [1.82, 2.24) is 9.46 Å². The smallest absolute Gasteiger partial charge is 0.330 e. The van der Waals surface area contributed by atoms with Crippen LogP contribution in [-0.4, -0.2) is 19.9 Å². The van der Waals surface area contributed by atoms with Gasteiger partial charge in [-0.15, -0.1) is 9.46 Å². The highest BCUT2D eigenvalue weighted by Gasteiger charge is 2.20. The molecule has 2 aromatic heterocycles. The van der Waals surface area contributed by atoms with Crippen molar-refractivity contribution in [3.8, 4) is 0 Å². The molecule has 0 saturated heterocycles. The highest BCUT2D eigenvalue weighted by atomic mass is 16.5. The zero-order valence-corrected chi connectivity index (χ0v) is 6.35. The maximum absolute atomic E-state index is 9.26. The molecule has 0 aliphatic rings. The third-order valence-corrected chi connectivity index (χ3v) is 1.74. The van der Waals surface area contributed by atoms with Crippen LogP contribution in [0.5, 0.6) is 0 Å². The lowest BCUT2D eigenvalue weighted by molar-refractivity contribution is 0.140. The molecule has 0 unspecified atom stereocenters. The summed E-state index contributed by atoms with van der Waals surface area (Å²) < 4.78 is 5.51. The Morgan fingerprint density at radius 1 is 1.23 bits per heavy atom. The summed E-state index contributed by atoms with van der Waals surface area (Å²) in [5.74, 6) is -0.142. The molecule has 0 atom stereocenters. The molecule has 0 aliphatic heterocycles. The Kier molecular flexibility index (Phi) is 1.09. The Morgan fingerprint density at radius 3 is 2.38 bits per heavy atom. The van der Waals surface area contributed by atoms with E-state index < -0.39 is 5.68 Å². The number of nitrogens with zero attached hydrogens (tertiary/aromatic N) is 2. The molecule has 0 saturated carbocycles. The monoisotopic (exact) mass is 185 g/mol. The van der Waals surface area contributed by atoms with Crippen LogP contribution < -0.4 is 17.2 Å². The first-order valence-electron chi connectivity index (χ1n) is 3.28. The van der Waals surface area contributed by atoms with E-state index in [0.717, 1.165) is 0 Å². The SMILES string of the molecule is N=c1oc2c(N)c(N)n(O)c2n1O. The molecule has 8 heteroatoms. The molecule has 0 fully saturated rings. The number of hydrogen-bond acceptors (Lipinski definition) is 6. The minimum Gasteiger partial charge on any atom is -0.425 e. The second-order valence-corrected chi connectivity index (χ2v) is 2.48. The van der Waals surface area contributed by atoms with Crippen molar-refractivity contribution in [1.29, 1.82) is 5.41 Å². The zero-order chi connectivity index (χ0) is 9.75. The molecular formula is C5H7N5O3. The Morgan fingerprint density at radius 2 is 1.85 bits per heavy atom. The highest BCUT2D eigenvalue weighted by molar-refractivity contribution is 5.91. The van der Waals surface area contributed by atoms with Crippen molar-refractivity contribution < 1.29 is 14.8 Å². The van der Waals surface area contributed by atoms with Crippen LogP contribution in [0.15, 0.2) is 4.42 Å². The predicted molar refractivity (Wildman–Crippen MR) is 41.2 cm³/mol. The number of nitrogens with two attached hydrogens (primary N) is 2. The van der Waals surface area contributed by atoms with Crippen LogP contribution in [0.4, 0.5) is 11.5 Å². The van der Waals surface area contributed by atoms with Gasteiger partial charge in [0, 0.05) is 0 Å². The standard InChI is InChI=1S/C5H7N5O3/c6-1-2-4(9(11)3(1)7)10(12)5(8)13-2/h8,11-12H,6-7H2. The van der Waals surface area contributed by atoms with Crippen LogP contribution in [0.3, 0.4) is 0 Å². The maximum Gasteiger partial charge on any atom is 0.330 e. The first kappa shape index (κ1) is 7.40. The molecule has 7 N–H and O–H groups in total. The average molecular weight is 185 g/mol. The van der Waals surface area contributed by atoms with Gasteiger partial charge in [0.15, 0.2) is 5.82 Å². The van der Waals surface area contributed by atoms with Gasteiger partial charge in [0.1, 0.15) is 5.69 Å². The molecule has 0 radical (unpaired) electrons. The van der Waals surface area contributed by atoms with Gasteiger partial charge in [0.05, 0.1) is 0 Å². The molecule has 0 aromatic carbocycles. The van der Waals surface area contributed by atoms with Gasteiger partial charge in [0.2, 0.25) is 11.2 Å². The minimum atomic E-state index is -0.542. The molecule has 2 aromatic rings. The molecule has 0 aliphatic carbocycles. The molecular weight excluding hydrogens is 178 g/mol. The van der Waals surface area contributed by atoms with Crippen molar-refractivity contribution in [3.63, 3.8) is 0 Å². The van der Waals surface area contributed by atoms with Gasteiger partial charge < -0.3 is 26.3 Å². The third-order valence-electron chi connectivity index (χ3n) is 1.74. The Labute approximate surface area is 70.6 Å². The summed E-state index contributed by atoms with van der Waals surface area (Å²) in [5.41, 5.74) is 9.99. The molecule has 0 amide bonds. The first-order valence-corrected chi connectivity index (χ1v) is 3.28. The van der Waals surface area contributed by atoms with Gasteiger partial charge >= 0.3 is 5.68 Å². The van der Waals surface area contributed by atoms with Crippen LogP contribution in [0, 0.1) is 5.41 Å². The summed E-state index contributed by atoms with van der Waals surface area (Å²) in [7, 11) is 0. The van der Waals surface area contributed by atoms with E-state index in [-0.39, 0.29) is 22.7 Å². The maximum atomic E-state index is 9.26. The van der Waals surface area contributed by atoms with Gasteiger partial charge in [0.25, 0.3) is 0 Å². The van der Waals surface area contributed by atoms with Crippen LogP contribution in [0.2, 0.25) is 0 Å². The summed E-state index contributed by atoms with van der Waals surface area (Å²) in [5, 5.41) is 25.5. The number of oxazole rings is 1. The molecule has 2 heterocycles. The van der Waals surface area contributed by atoms with E-state index in [0.29, 0.717) is 9.46 Å². The van der Waals surface area contributed by atoms with Gasteiger partial charge in [-0.05, 0) is 0 Å². The second kappa shape index (κ2) is 1.91. The van der Waals surface area contributed by atoms with E-state index in [9.17, 15) is 5.21 Å². The van der Waals surface area contributed by atoms with Crippen LogP contribution in [-0.2, 0) is 0 Å². The number of rotatable bonds is 0. The fourth-order valence-corrected chi connectivity index (χ4v) is 1.08. The van der Waals surface area contributed by atoms with Gasteiger partial charge in [-0.2, -0.15) is 0 Å². The van der Waals surface area contributed by atoms with E-state index in [2.05, 4.69) is 0 Å². The lowest BCUT2D eigenvalue weighted by Crippen LogP contribution is -2.13. The quantitative estimate of drug-likeness (QED) is 0.340. The summed E-state index contributed by atoms with van der Waals surface area (Å²) >= 11 is 0. The van der Waals surface area contributed by atoms with Gasteiger partial charge in [-0.1, -0.05) is 0 Å². The van der Waals surface area contributed by atoms with Crippen molar-refractivity contribution in [2.45, 2.75) is 0 Å². The van der Waals surface area contributed by atoms with E-state index >= 15 is 0 Å². The van der Waals surface area contributed by atoms with Crippen LogP contribution in [0.1, 0.15) is 0 Å². The van der Waals surface area contributed by atoms with E-state index in [4.69, 9.17) is 26.5 Å². The van der Waals surface area contributed by atoms with E-state index in [1.807, 2.05) is 0 Å². The fourth-order valence-electron chi connectivity index (χ4n) is 1.08. The van der Waals surface area contributed by atoms with Gasteiger partial charge in [-0.3, -0.25) is 0 Å². The van der Waals surface area contributed by atoms with Crippen molar-refractivity contribution >= 4 is 22.7 Å². The lowest BCUT2D eigenvalue weighted by atomic mass is 10.5. The average Bonchev–Trinajstić information content (AvgIpc) is 2.48. The number of aromatic nitrogens is 2. The summed E-state index contributed by atoms with van der Waals surface area (Å²) in [4.78, 5) is 0. The Bertz CT molecular complexity index is 532. The normalized spacial score (nSPS) is 11.1. The molecule has 13 heavy (non-hydrogen) atoms. The second-order valence-electron chi connectivity index (χ2n) is 2.48. The Balaban J connectivity index is 3.10. The molecule has 0 bridgehead atoms. The van der Waals surface area contributed by atoms with Gasteiger partial charge in [-0.25, -0.2) is 5.41 Å². The molecule has 2 rings (SSSR count). The fraction of sp³-hybridized carbons (Fsp3) is 0. The van der Waals surface area contributed by atoms with Crippen LogP contribution >= 0.6 is 0 Å². The summed E-state index contributed by atoms with van der Waals surface area (Å²) in [6.45, 7) is 0. The number of nitrogens with one attached hydrogen (secondary N) is 1. The predicted octanol–water partition coefficient (Wildman–Crippen LogP) is -0.846. The number of anilines is 2. The van der Waals surface area contributed by atoms with Crippen molar-refractivity contribution in [3.05, 3.63) is 5.68 Å². The largest absolute Gasteiger partial charge is 0.425 e. The highest BCUT2D eigenvalue weighted by Crippen LogP contribution is 2.27. The van der Waals surface area contributed by atoms with E-state index in [1.54, 1.807) is 0 Å². The number of nitrogen functional groups attached to an aromatic ring is 2. The topological polar surface area (TPSA) is 139 Å². The first-order chi connectivity index (χ1) is 6.04. The summed E-state index contributed by atoms with van der Waals surface area (Å²) in [6, 6.07) is 0. The van der Waals surface area contributed by atoms with Crippen LogP contribution in [0.25, 0.3) is 11.2 Å². The minimum absolute atomic E-state index is 0.0150. The molecule has 70 valence electrons.